The SMILES string of the molecule is CN=C(NCc1ccccc1CN(C)C)NCC1CC(=O)N(CCc2ccccc2)C1.I. The second kappa shape index (κ2) is 13.4. The number of nitrogens with one attached hydrogen (secondary N) is 2. The van der Waals surface area contributed by atoms with Crippen LogP contribution in [0.5, 0.6) is 0 Å². The van der Waals surface area contributed by atoms with Crippen LogP contribution in [0.2, 0.25) is 0 Å². The normalized spacial score (nSPS) is 16.2. The Morgan fingerprint density at radius 1 is 1.06 bits per heavy atom. The predicted molar refractivity (Wildman–Crippen MR) is 142 cm³/mol. The lowest BCUT2D eigenvalue weighted by Gasteiger charge is -2.19. The molecule has 0 aromatic heterocycles. The van der Waals surface area contributed by atoms with Gasteiger partial charge in [0.25, 0.3) is 0 Å². The van der Waals surface area contributed by atoms with Gasteiger partial charge in [-0.05, 0) is 37.2 Å². The van der Waals surface area contributed by atoms with Gasteiger partial charge in [-0.1, -0.05) is 54.6 Å². The van der Waals surface area contributed by atoms with Crippen LogP contribution < -0.4 is 10.6 Å². The fraction of sp³-hybridized carbons (Fsp3) is 0.440. The molecule has 2 aromatic carbocycles. The summed E-state index contributed by atoms with van der Waals surface area (Å²) >= 11 is 0. The van der Waals surface area contributed by atoms with E-state index >= 15 is 0 Å². The number of halogens is 1. The lowest BCUT2D eigenvalue weighted by molar-refractivity contribution is -0.127. The van der Waals surface area contributed by atoms with Gasteiger partial charge in [-0.2, -0.15) is 0 Å². The number of benzene rings is 2. The molecule has 174 valence electrons. The number of carbonyl (C=O) groups is 1. The second-order valence-corrected chi connectivity index (χ2v) is 8.46. The number of rotatable bonds is 9. The molecule has 2 N–H and O–H groups in total. The maximum Gasteiger partial charge on any atom is 0.223 e. The molecule has 1 aliphatic rings. The highest BCUT2D eigenvalue weighted by Gasteiger charge is 2.29. The Kier molecular flexibility index (Phi) is 11.0. The molecule has 1 saturated heterocycles. The smallest absolute Gasteiger partial charge is 0.223 e. The van der Waals surface area contributed by atoms with Crippen molar-refractivity contribution in [2.75, 3.05) is 40.8 Å². The van der Waals surface area contributed by atoms with Crippen molar-refractivity contribution in [2.45, 2.75) is 25.9 Å². The van der Waals surface area contributed by atoms with Gasteiger partial charge in [0.1, 0.15) is 0 Å². The molecule has 0 bridgehead atoms. The predicted octanol–water partition coefficient (Wildman–Crippen LogP) is 3.12. The number of guanidine groups is 1. The summed E-state index contributed by atoms with van der Waals surface area (Å²) in [7, 11) is 5.94. The van der Waals surface area contributed by atoms with E-state index in [0.29, 0.717) is 12.3 Å². The molecule has 1 aliphatic heterocycles. The first-order valence-electron chi connectivity index (χ1n) is 11.0. The van der Waals surface area contributed by atoms with Crippen molar-refractivity contribution in [3.63, 3.8) is 0 Å². The molecular weight excluding hydrogens is 513 g/mol. The van der Waals surface area contributed by atoms with Crippen molar-refractivity contribution in [1.82, 2.24) is 20.4 Å². The fourth-order valence-corrected chi connectivity index (χ4v) is 3.98. The largest absolute Gasteiger partial charge is 0.356 e. The molecule has 0 aliphatic carbocycles. The minimum atomic E-state index is 0. The number of carbonyl (C=O) groups excluding carboxylic acids is 1. The van der Waals surface area contributed by atoms with Crippen LogP contribution in [-0.2, 0) is 24.3 Å². The summed E-state index contributed by atoms with van der Waals surface area (Å²) in [5, 5.41) is 6.82. The molecule has 0 saturated carbocycles. The second-order valence-electron chi connectivity index (χ2n) is 8.46. The van der Waals surface area contributed by atoms with Gasteiger partial charge in [0.05, 0.1) is 0 Å². The minimum absolute atomic E-state index is 0. The van der Waals surface area contributed by atoms with Crippen LogP contribution in [0.1, 0.15) is 23.1 Å². The van der Waals surface area contributed by atoms with Crippen molar-refractivity contribution in [3.8, 4) is 0 Å². The molecule has 32 heavy (non-hydrogen) atoms. The Bertz CT molecular complexity index is 872. The van der Waals surface area contributed by atoms with Gasteiger partial charge in [-0.25, -0.2) is 0 Å². The lowest BCUT2D eigenvalue weighted by atomic mass is 10.1. The molecular formula is C25H36IN5O. The number of hydrogen-bond donors (Lipinski definition) is 2. The summed E-state index contributed by atoms with van der Waals surface area (Å²) in [5.41, 5.74) is 3.85. The van der Waals surface area contributed by atoms with E-state index in [0.717, 1.165) is 45.1 Å². The molecule has 1 atom stereocenters. The molecule has 1 heterocycles. The van der Waals surface area contributed by atoms with Gasteiger partial charge in [0, 0.05) is 52.1 Å². The molecule has 6 nitrogen and oxygen atoms in total. The first-order valence-corrected chi connectivity index (χ1v) is 11.0. The van der Waals surface area contributed by atoms with E-state index in [9.17, 15) is 4.79 Å². The topological polar surface area (TPSA) is 60.0 Å². The van der Waals surface area contributed by atoms with Gasteiger partial charge in [0.15, 0.2) is 5.96 Å². The quantitative estimate of drug-likeness (QED) is 0.287. The summed E-state index contributed by atoms with van der Waals surface area (Å²) in [6.45, 7) is 3.96. The molecule has 7 heteroatoms. The Balaban J connectivity index is 0.00000363. The van der Waals surface area contributed by atoms with Crippen LogP contribution >= 0.6 is 24.0 Å². The highest BCUT2D eigenvalue weighted by Crippen LogP contribution is 2.17. The van der Waals surface area contributed by atoms with Gasteiger partial charge in [-0.3, -0.25) is 9.79 Å². The van der Waals surface area contributed by atoms with Crippen molar-refractivity contribution in [1.29, 1.82) is 0 Å². The molecule has 1 unspecified atom stereocenters. The van der Waals surface area contributed by atoms with Gasteiger partial charge in [0.2, 0.25) is 5.91 Å². The van der Waals surface area contributed by atoms with Gasteiger partial charge < -0.3 is 20.4 Å². The fourth-order valence-electron chi connectivity index (χ4n) is 3.98. The molecule has 0 spiro atoms. The third-order valence-corrected chi connectivity index (χ3v) is 5.64. The monoisotopic (exact) mass is 549 g/mol. The number of nitrogens with zero attached hydrogens (tertiary/aromatic N) is 3. The third kappa shape index (κ3) is 8.09. The highest BCUT2D eigenvalue weighted by molar-refractivity contribution is 14.0. The molecule has 3 rings (SSSR count). The van der Waals surface area contributed by atoms with E-state index in [1.165, 1.54) is 16.7 Å². The average molecular weight is 550 g/mol. The van der Waals surface area contributed by atoms with E-state index in [2.05, 4.69) is 71.0 Å². The molecule has 2 aromatic rings. The van der Waals surface area contributed by atoms with Gasteiger partial charge >= 0.3 is 0 Å². The zero-order chi connectivity index (χ0) is 22.1. The Morgan fingerprint density at radius 2 is 1.75 bits per heavy atom. The van der Waals surface area contributed by atoms with Crippen molar-refractivity contribution in [2.24, 2.45) is 10.9 Å². The summed E-state index contributed by atoms with van der Waals surface area (Å²) in [5.74, 6) is 1.33. The van der Waals surface area contributed by atoms with Crippen LogP contribution in [0.3, 0.4) is 0 Å². The number of aliphatic imine (C=N–C) groups is 1. The summed E-state index contributed by atoms with van der Waals surface area (Å²) < 4.78 is 0. The van der Waals surface area contributed by atoms with Crippen molar-refractivity contribution >= 4 is 35.8 Å². The zero-order valence-corrected chi connectivity index (χ0v) is 21.7. The van der Waals surface area contributed by atoms with Crippen molar-refractivity contribution in [3.05, 3.63) is 71.3 Å². The van der Waals surface area contributed by atoms with Crippen molar-refractivity contribution < 1.29 is 4.79 Å². The summed E-state index contributed by atoms with van der Waals surface area (Å²) in [4.78, 5) is 20.9. The van der Waals surface area contributed by atoms with Crippen LogP contribution in [0.4, 0.5) is 0 Å². The Morgan fingerprint density at radius 3 is 2.44 bits per heavy atom. The van der Waals surface area contributed by atoms with E-state index in [1.807, 2.05) is 23.1 Å². The van der Waals surface area contributed by atoms with Crippen LogP contribution in [0.25, 0.3) is 0 Å². The van der Waals surface area contributed by atoms with E-state index in [1.54, 1.807) is 7.05 Å². The minimum Gasteiger partial charge on any atom is -0.356 e. The lowest BCUT2D eigenvalue weighted by Crippen LogP contribution is -2.40. The first-order chi connectivity index (χ1) is 15.0. The maximum absolute atomic E-state index is 12.4. The van der Waals surface area contributed by atoms with E-state index in [-0.39, 0.29) is 29.9 Å². The zero-order valence-electron chi connectivity index (χ0n) is 19.4. The molecule has 1 amide bonds. The van der Waals surface area contributed by atoms with Crippen LogP contribution in [0.15, 0.2) is 59.6 Å². The highest BCUT2D eigenvalue weighted by atomic mass is 127. The molecule has 0 radical (unpaired) electrons. The first kappa shape index (κ1) is 26.1. The standard InChI is InChI=1S/C25H35N5O.HI/c1-26-25(28-17-22-11-7-8-12-23(22)19-29(2)3)27-16-21-15-24(31)30(18-21)14-13-20-9-5-4-6-10-20;/h4-12,21H,13-19H2,1-3H3,(H2,26,27,28);1H. The van der Waals surface area contributed by atoms with Gasteiger partial charge in [-0.15, -0.1) is 24.0 Å². The number of amides is 1. The summed E-state index contributed by atoms with van der Waals surface area (Å²) in [6, 6.07) is 18.8. The third-order valence-electron chi connectivity index (χ3n) is 5.64. The Hall–Kier alpha value is -2.13. The maximum atomic E-state index is 12.4. The van der Waals surface area contributed by atoms with E-state index in [4.69, 9.17) is 0 Å². The number of likely N-dealkylation sites (tertiary alicyclic amines) is 1. The van der Waals surface area contributed by atoms with Crippen LogP contribution in [-0.4, -0.2) is 62.4 Å². The van der Waals surface area contributed by atoms with E-state index < -0.39 is 0 Å². The number of hydrogen-bond acceptors (Lipinski definition) is 3. The van der Waals surface area contributed by atoms with Crippen LogP contribution in [0, 0.1) is 5.92 Å². The molecule has 1 fully saturated rings. The Labute approximate surface area is 209 Å². The average Bonchev–Trinajstić information content (AvgIpc) is 3.13. The summed E-state index contributed by atoms with van der Waals surface area (Å²) in [6.07, 6.45) is 1.51.